The zero-order valence-electron chi connectivity index (χ0n) is 13.1. The van der Waals surface area contributed by atoms with E-state index in [1.54, 1.807) is 0 Å². The molecule has 0 bridgehead atoms. The van der Waals surface area contributed by atoms with Crippen molar-refractivity contribution >= 4 is 0 Å². The summed E-state index contributed by atoms with van der Waals surface area (Å²) in [7, 11) is 1.88. The molecule has 0 aromatic heterocycles. The highest BCUT2D eigenvalue weighted by Crippen LogP contribution is 2.29. The van der Waals surface area contributed by atoms with Crippen LogP contribution in [-0.4, -0.2) is 31.3 Å². The minimum absolute atomic E-state index is 0.261. The van der Waals surface area contributed by atoms with Gasteiger partial charge in [-0.1, -0.05) is 13.0 Å². The summed E-state index contributed by atoms with van der Waals surface area (Å²) >= 11 is 0. The normalized spacial score (nSPS) is 14.1. The molecule has 0 amide bonds. The fraction of sp³-hybridized carbons (Fsp3) is 0.625. The maximum atomic E-state index is 10.4. The van der Waals surface area contributed by atoms with Gasteiger partial charge in [-0.05, 0) is 63.0 Å². The van der Waals surface area contributed by atoms with Gasteiger partial charge in [-0.15, -0.1) is 0 Å². The number of hydrogen-bond acceptors (Lipinski definition) is 4. The molecule has 0 saturated carbocycles. The van der Waals surface area contributed by atoms with E-state index < -0.39 is 6.10 Å². The molecule has 0 spiro atoms. The maximum absolute atomic E-state index is 10.4. The summed E-state index contributed by atoms with van der Waals surface area (Å²) in [6.07, 6.45) is 1.09. The second kappa shape index (κ2) is 8.25. The lowest BCUT2D eigenvalue weighted by Crippen LogP contribution is -2.32. The molecule has 0 saturated heterocycles. The van der Waals surface area contributed by atoms with Crippen molar-refractivity contribution < 1.29 is 9.84 Å². The summed E-state index contributed by atoms with van der Waals surface area (Å²) < 4.78 is 5.70. The largest absolute Gasteiger partial charge is 0.493 e. The first-order valence-corrected chi connectivity index (χ1v) is 7.34. The number of hydrogen-bond donors (Lipinski definition) is 3. The van der Waals surface area contributed by atoms with E-state index in [9.17, 15) is 5.11 Å². The monoisotopic (exact) mass is 280 g/mol. The molecule has 20 heavy (non-hydrogen) atoms. The minimum atomic E-state index is -0.637. The van der Waals surface area contributed by atoms with Crippen molar-refractivity contribution in [3.8, 4) is 5.75 Å². The molecule has 0 fully saturated rings. The van der Waals surface area contributed by atoms with Crippen LogP contribution in [0.2, 0.25) is 0 Å². The van der Waals surface area contributed by atoms with Gasteiger partial charge in [0.15, 0.2) is 0 Å². The summed E-state index contributed by atoms with van der Waals surface area (Å²) in [6.45, 7) is 7.63. The van der Waals surface area contributed by atoms with E-state index in [0.717, 1.165) is 41.8 Å². The molecule has 0 radical (unpaired) electrons. The predicted molar refractivity (Wildman–Crippen MR) is 83.2 cm³/mol. The van der Waals surface area contributed by atoms with Crippen molar-refractivity contribution in [2.24, 2.45) is 5.73 Å². The highest BCUT2D eigenvalue weighted by atomic mass is 16.5. The molecule has 114 valence electrons. The Labute approximate surface area is 122 Å². The standard InChI is InChI=1S/C16H28N2O2/c1-5-10-20-15-7-6-13(11(2)12(15)3)16(19)14(17)8-9-18-4/h6-7,14,16,18-19H,5,8-10,17H2,1-4H3. The van der Waals surface area contributed by atoms with Gasteiger partial charge in [0.05, 0.1) is 12.7 Å². The van der Waals surface area contributed by atoms with Gasteiger partial charge in [-0.2, -0.15) is 0 Å². The Kier molecular flexibility index (Phi) is 6.99. The number of ether oxygens (including phenoxy) is 1. The predicted octanol–water partition coefficient (Wildman–Crippen LogP) is 2.06. The lowest BCUT2D eigenvalue weighted by atomic mass is 9.93. The van der Waals surface area contributed by atoms with Gasteiger partial charge in [-0.25, -0.2) is 0 Å². The lowest BCUT2D eigenvalue weighted by molar-refractivity contribution is 0.141. The van der Waals surface area contributed by atoms with Crippen molar-refractivity contribution in [1.29, 1.82) is 0 Å². The molecule has 4 N–H and O–H groups in total. The summed E-state index contributed by atoms with van der Waals surface area (Å²) in [5, 5.41) is 13.4. The number of nitrogens with two attached hydrogens (primary N) is 1. The fourth-order valence-corrected chi connectivity index (χ4v) is 2.21. The third kappa shape index (κ3) is 4.20. The topological polar surface area (TPSA) is 67.5 Å². The van der Waals surface area contributed by atoms with E-state index in [-0.39, 0.29) is 6.04 Å². The molecular formula is C16H28N2O2. The molecule has 0 aliphatic rings. The van der Waals surface area contributed by atoms with Crippen molar-refractivity contribution in [3.05, 3.63) is 28.8 Å². The van der Waals surface area contributed by atoms with Crippen LogP contribution in [0.5, 0.6) is 5.75 Å². The van der Waals surface area contributed by atoms with Crippen molar-refractivity contribution in [3.63, 3.8) is 0 Å². The SMILES string of the molecule is CCCOc1ccc(C(O)C(N)CCNC)c(C)c1C. The fourth-order valence-electron chi connectivity index (χ4n) is 2.21. The highest BCUT2D eigenvalue weighted by molar-refractivity contribution is 5.44. The van der Waals surface area contributed by atoms with Gasteiger partial charge in [0.2, 0.25) is 0 Å². The average Bonchev–Trinajstić information content (AvgIpc) is 2.45. The third-order valence-corrected chi connectivity index (χ3v) is 3.69. The smallest absolute Gasteiger partial charge is 0.122 e. The van der Waals surface area contributed by atoms with E-state index >= 15 is 0 Å². The first-order chi connectivity index (χ1) is 9.52. The Bertz CT molecular complexity index is 421. The van der Waals surface area contributed by atoms with Crippen LogP contribution in [-0.2, 0) is 0 Å². The van der Waals surface area contributed by atoms with Crippen molar-refractivity contribution in [1.82, 2.24) is 5.32 Å². The quantitative estimate of drug-likeness (QED) is 0.682. The van der Waals surface area contributed by atoms with Gasteiger partial charge in [0.1, 0.15) is 5.75 Å². The van der Waals surface area contributed by atoms with Crippen LogP contribution in [0, 0.1) is 13.8 Å². The van der Waals surface area contributed by atoms with E-state index in [1.807, 2.05) is 33.0 Å². The molecule has 4 heteroatoms. The second-order valence-electron chi connectivity index (χ2n) is 5.25. The van der Waals surface area contributed by atoms with Gasteiger partial charge in [0.25, 0.3) is 0 Å². The molecule has 1 aromatic carbocycles. The van der Waals surface area contributed by atoms with Gasteiger partial charge in [-0.3, -0.25) is 0 Å². The van der Waals surface area contributed by atoms with Crippen molar-refractivity contribution in [2.75, 3.05) is 20.2 Å². The molecule has 2 atom stereocenters. The van der Waals surface area contributed by atoms with Crippen LogP contribution in [0.3, 0.4) is 0 Å². The zero-order chi connectivity index (χ0) is 15.1. The Balaban J connectivity index is 2.88. The lowest BCUT2D eigenvalue weighted by Gasteiger charge is -2.22. The molecule has 1 rings (SSSR count). The van der Waals surface area contributed by atoms with E-state index in [1.165, 1.54) is 0 Å². The molecular weight excluding hydrogens is 252 g/mol. The molecule has 1 aromatic rings. The van der Waals surface area contributed by atoms with Crippen LogP contribution in [0.25, 0.3) is 0 Å². The molecule has 0 heterocycles. The Morgan fingerprint density at radius 2 is 2.00 bits per heavy atom. The summed E-state index contributed by atoms with van der Waals surface area (Å²) in [5.74, 6) is 0.893. The number of nitrogens with one attached hydrogen (secondary N) is 1. The van der Waals surface area contributed by atoms with Crippen molar-refractivity contribution in [2.45, 2.75) is 45.8 Å². The summed E-state index contributed by atoms with van der Waals surface area (Å²) in [4.78, 5) is 0. The first kappa shape index (κ1) is 17.0. The van der Waals surface area contributed by atoms with Crippen LogP contribution in [0.4, 0.5) is 0 Å². The molecule has 0 aliphatic heterocycles. The first-order valence-electron chi connectivity index (χ1n) is 7.34. The summed E-state index contributed by atoms with van der Waals surface area (Å²) in [5.41, 5.74) is 9.09. The van der Waals surface area contributed by atoms with E-state index in [2.05, 4.69) is 12.2 Å². The Hall–Kier alpha value is -1.10. The third-order valence-electron chi connectivity index (χ3n) is 3.69. The maximum Gasteiger partial charge on any atom is 0.122 e. The zero-order valence-corrected chi connectivity index (χ0v) is 13.1. The van der Waals surface area contributed by atoms with E-state index in [4.69, 9.17) is 10.5 Å². The van der Waals surface area contributed by atoms with Crippen LogP contribution in [0.15, 0.2) is 12.1 Å². The number of aliphatic hydroxyl groups excluding tert-OH is 1. The average molecular weight is 280 g/mol. The number of aliphatic hydroxyl groups is 1. The number of rotatable bonds is 8. The van der Waals surface area contributed by atoms with Crippen LogP contribution < -0.4 is 15.8 Å². The number of benzene rings is 1. The van der Waals surface area contributed by atoms with Crippen LogP contribution >= 0.6 is 0 Å². The minimum Gasteiger partial charge on any atom is -0.493 e. The molecule has 4 nitrogen and oxygen atoms in total. The molecule has 2 unspecified atom stereocenters. The van der Waals surface area contributed by atoms with E-state index in [0.29, 0.717) is 6.61 Å². The highest BCUT2D eigenvalue weighted by Gasteiger charge is 2.20. The summed E-state index contributed by atoms with van der Waals surface area (Å²) in [6, 6.07) is 3.60. The van der Waals surface area contributed by atoms with Gasteiger partial charge in [0, 0.05) is 6.04 Å². The van der Waals surface area contributed by atoms with Crippen LogP contribution in [0.1, 0.15) is 42.6 Å². The van der Waals surface area contributed by atoms with Gasteiger partial charge < -0.3 is 20.9 Å². The Morgan fingerprint density at radius 3 is 2.60 bits per heavy atom. The van der Waals surface area contributed by atoms with Gasteiger partial charge >= 0.3 is 0 Å². The second-order valence-corrected chi connectivity index (χ2v) is 5.25. The Morgan fingerprint density at radius 1 is 1.30 bits per heavy atom. The molecule has 0 aliphatic carbocycles.